The minimum absolute atomic E-state index is 0.247. The van der Waals surface area contributed by atoms with E-state index in [1.54, 1.807) is 48.3 Å². The van der Waals surface area contributed by atoms with Crippen LogP contribution in [0.15, 0.2) is 36.7 Å². The number of rotatable bonds is 4. The normalized spacial score (nSPS) is 12.2. The van der Waals surface area contributed by atoms with E-state index in [4.69, 9.17) is 0 Å². The summed E-state index contributed by atoms with van der Waals surface area (Å²) in [5, 5.41) is 19.0. The maximum atomic E-state index is 11.9. The third-order valence-corrected chi connectivity index (χ3v) is 3.04. The van der Waals surface area contributed by atoms with Gasteiger partial charge in [0.05, 0.1) is 18.0 Å². The number of hydrogen-bond donors (Lipinski definition) is 3. The lowest BCUT2D eigenvalue weighted by Crippen LogP contribution is -2.19. The first-order chi connectivity index (χ1) is 9.95. The summed E-state index contributed by atoms with van der Waals surface area (Å²) in [6.07, 6.45) is 2.87. The average Bonchev–Trinajstić information content (AvgIpc) is 2.87. The Morgan fingerprint density at radius 3 is 2.29 bits per heavy atom. The number of urea groups is 1. The van der Waals surface area contributed by atoms with Crippen molar-refractivity contribution in [2.75, 3.05) is 10.6 Å². The number of anilines is 2. The van der Waals surface area contributed by atoms with Crippen molar-refractivity contribution in [2.24, 2.45) is 0 Å². The van der Waals surface area contributed by atoms with Gasteiger partial charge < -0.3 is 15.7 Å². The molecule has 112 valence electrons. The summed E-state index contributed by atoms with van der Waals surface area (Å²) >= 11 is 0. The minimum Gasteiger partial charge on any atom is -0.389 e. The number of carbonyl (C=O) groups excluding carboxylic acids is 1. The molecule has 0 bridgehead atoms. The van der Waals surface area contributed by atoms with Crippen LogP contribution in [0.3, 0.4) is 0 Å². The number of amides is 2. The summed E-state index contributed by atoms with van der Waals surface area (Å²) in [5.41, 5.74) is 2.11. The maximum absolute atomic E-state index is 11.9. The highest BCUT2D eigenvalue weighted by molar-refractivity contribution is 5.99. The molecule has 2 amide bonds. The molecule has 1 aromatic carbocycles. The predicted octanol–water partition coefficient (Wildman–Crippen LogP) is 3.16. The number of carbonyl (C=O) groups is 1. The molecule has 6 heteroatoms. The van der Waals surface area contributed by atoms with Crippen molar-refractivity contribution in [3.05, 3.63) is 42.2 Å². The number of benzene rings is 1. The van der Waals surface area contributed by atoms with Gasteiger partial charge in [-0.1, -0.05) is 12.1 Å². The molecule has 0 aliphatic heterocycles. The zero-order chi connectivity index (χ0) is 15.4. The molecule has 3 N–H and O–H groups in total. The second-order valence-corrected chi connectivity index (χ2v) is 5.18. The smallest absolute Gasteiger partial charge is 0.323 e. The van der Waals surface area contributed by atoms with Gasteiger partial charge >= 0.3 is 6.03 Å². The Hall–Kier alpha value is -2.34. The summed E-state index contributed by atoms with van der Waals surface area (Å²) in [7, 11) is 0. The molecular formula is C15H20N4O2. The lowest BCUT2D eigenvalue weighted by atomic mass is 10.1. The number of aliphatic hydroxyl groups is 1. The summed E-state index contributed by atoms with van der Waals surface area (Å²) < 4.78 is 1.77. The number of hydrogen-bond acceptors (Lipinski definition) is 3. The van der Waals surface area contributed by atoms with Crippen LogP contribution in [-0.4, -0.2) is 20.9 Å². The van der Waals surface area contributed by atoms with E-state index in [0.717, 1.165) is 5.56 Å². The second-order valence-electron chi connectivity index (χ2n) is 5.18. The molecular weight excluding hydrogens is 268 g/mol. The largest absolute Gasteiger partial charge is 0.389 e. The molecule has 0 spiro atoms. The quantitative estimate of drug-likeness (QED) is 0.808. The van der Waals surface area contributed by atoms with E-state index < -0.39 is 6.10 Å². The highest BCUT2D eigenvalue weighted by Gasteiger charge is 2.07. The van der Waals surface area contributed by atoms with E-state index in [1.165, 1.54) is 0 Å². The van der Waals surface area contributed by atoms with E-state index in [9.17, 15) is 9.90 Å². The van der Waals surface area contributed by atoms with Gasteiger partial charge in [-0.05, 0) is 38.5 Å². The second kappa shape index (κ2) is 6.41. The Balaban J connectivity index is 1.94. The van der Waals surface area contributed by atoms with Crippen molar-refractivity contribution in [3.8, 4) is 0 Å². The zero-order valence-electron chi connectivity index (χ0n) is 12.4. The molecule has 1 unspecified atom stereocenters. The fraction of sp³-hybridized carbons (Fsp3) is 0.333. The maximum Gasteiger partial charge on any atom is 0.323 e. The molecule has 1 heterocycles. The summed E-state index contributed by atoms with van der Waals surface area (Å²) in [5.74, 6) is 0. The van der Waals surface area contributed by atoms with Gasteiger partial charge in [0.1, 0.15) is 0 Å². The molecule has 0 aliphatic carbocycles. The van der Waals surface area contributed by atoms with Crippen LogP contribution < -0.4 is 10.6 Å². The van der Waals surface area contributed by atoms with E-state index in [-0.39, 0.29) is 12.1 Å². The molecule has 0 saturated heterocycles. The van der Waals surface area contributed by atoms with Crippen LogP contribution >= 0.6 is 0 Å². The SMILES string of the molecule is CC(O)c1ccc(NC(=O)Nc2cnn(C(C)C)c2)cc1. The van der Waals surface area contributed by atoms with Crippen LogP contribution in [0.4, 0.5) is 16.2 Å². The van der Waals surface area contributed by atoms with Crippen LogP contribution in [0.1, 0.15) is 38.5 Å². The fourth-order valence-electron chi connectivity index (χ4n) is 1.82. The fourth-order valence-corrected chi connectivity index (χ4v) is 1.82. The molecule has 6 nitrogen and oxygen atoms in total. The molecule has 2 aromatic rings. The van der Waals surface area contributed by atoms with Gasteiger partial charge in [-0.15, -0.1) is 0 Å². The van der Waals surface area contributed by atoms with Gasteiger partial charge in [-0.3, -0.25) is 4.68 Å². The van der Waals surface area contributed by atoms with Crippen molar-refractivity contribution in [1.29, 1.82) is 0 Å². The highest BCUT2D eigenvalue weighted by atomic mass is 16.3. The monoisotopic (exact) mass is 288 g/mol. The minimum atomic E-state index is -0.519. The summed E-state index contributed by atoms with van der Waals surface area (Å²) in [6.45, 7) is 5.72. The average molecular weight is 288 g/mol. The van der Waals surface area contributed by atoms with Gasteiger partial charge in [0.15, 0.2) is 0 Å². The Kier molecular flexibility index (Phi) is 4.59. The number of aliphatic hydroxyl groups excluding tert-OH is 1. The first kappa shape index (κ1) is 15.1. The lowest BCUT2D eigenvalue weighted by molar-refractivity contribution is 0.199. The van der Waals surface area contributed by atoms with Crippen LogP contribution in [0.2, 0.25) is 0 Å². The van der Waals surface area contributed by atoms with Gasteiger partial charge in [-0.2, -0.15) is 5.10 Å². The van der Waals surface area contributed by atoms with Crippen LogP contribution in [0.5, 0.6) is 0 Å². The topological polar surface area (TPSA) is 79.2 Å². The Morgan fingerprint density at radius 1 is 1.14 bits per heavy atom. The first-order valence-electron chi connectivity index (χ1n) is 6.86. The lowest BCUT2D eigenvalue weighted by Gasteiger charge is -2.08. The van der Waals surface area contributed by atoms with Gasteiger partial charge in [-0.25, -0.2) is 4.79 Å². The third-order valence-electron chi connectivity index (χ3n) is 3.04. The molecule has 1 aromatic heterocycles. The number of nitrogens with one attached hydrogen (secondary N) is 2. The third kappa shape index (κ3) is 4.06. The van der Waals surface area contributed by atoms with Crippen molar-refractivity contribution in [1.82, 2.24) is 9.78 Å². The van der Waals surface area contributed by atoms with Gasteiger partial charge in [0.25, 0.3) is 0 Å². The van der Waals surface area contributed by atoms with Crippen molar-refractivity contribution < 1.29 is 9.90 Å². The molecule has 2 rings (SSSR count). The van der Waals surface area contributed by atoms with E-state index >= 15 is 0 Å². The molecule has 1 atom stereocenters. The summed E-state index contributed by atoms with van der Waals surface area (Å²) in [6, 6.07) is 6.96. The van der Waals surface area contributed by atoms with E-state index in [0.29, 0.717) is 11.4 Å². The Labute approximate surface area is 123 Å². The van der Waals surface area contributed by atoms with Crippen molar-refractivity contribution >= 4 is 17.4 Å². The van der Waals surface area contributed by atoms with Crippen LogP contribution in [0, 0.1) is 0 Å². The predicted molar refractivity (Wildman–Crippen MR) is 82.3 cm³/mol. The molecule has 0 radical (unpaired) electrons. The Morgan fingerprint density at radius 2 is 1.76 bits per heavy atom. The Bertz CT molecular complexity index is 602. The summed E-state index contributed by atoms with van der Waals surface area (Å²) in [4.78, 5) is 11.9. The van der Waals surface area contributed by atoms with Crippen LogP contribution in [-0.2, 0) is 0 Å². The van der Waals surface area contributed by atoms with E-state index in [2.05, 4.69) is 15.7 Å². The first-order valence-corrected chi connectivity index (χ1v) is 6.86. The van der Waals surface area contributed by atoms with E-state index in [1.807, 2.05) is 13.8 Å². The van der Waals surface area contributed by atoms with Gasteiger partial charge in [0.2, 0.25) is 0 Å². The molecule has 21 heavy (non-hydrogen) atoms. The van der Waals surface area contributed by atoms with Crippen LogP contribution in [0.25, 0.3) is 0 Å². The van der Waals surface area contributed by atoms with Gasteiger partial charge in [0, 0.05) is 17.9 Å². The molecule has 0 saturated carbocycles. The zero-order valence-corrected chi connectivity index (χ0v) is 12.4. The van der Waals surface area contributed by atoms with Crippen molar-refractivity contribution in [3.63, 3.8) is 0 Å². The molecule has 0 fully saturated rings. The molecule has 0 aliphatic rings. The standard InChI is InChI=1S/C15H20N4O2/c1-10(2)19-9-14(8-16-19)18-15(21)17-13-6-4-12(5-7-13)11(3)20/h4-11,20H,1-3H3,(H2,17,18,21). The number of aromatic nitrogens is 2. The van der Waals surface area contributed by atoms with Crippen molar-refractivity contribution in [2.45, 2.75) is 32.9 Å². The number of nitrogens with zero attached hydrogens (tertiary/aromatic N) is 2. The highest BCUT2D eigenvalue weighted by Crippen LogP contribution is 2.16.